The van der Waals surface area contributed by atoms with Gasteiger partial charge in [0.25, 0.3) is 0 Å². The first-order valence-corrected chi connectivity index (χ1v) is 8.16. The zero-order chi connectivity index (χ0) is 16.3. The van der Waals surface area contributed by atoms with Gasteiger partial charge in [-0.15, -0.1) is 0 Å². The van der Waals surface area contributed by atoms with Gasteiger partial charge in [-0.25, -0.2) is 9.18 Å². The molecule has 1 aliphatic heterocycles. The van der Waals surface area contributed by atoms with Gasteiger partial charge in [-0.3, -0.25) is 4.79 Å². The Morgan fingerprint density at radius 2 is 2.18 bits per heavy atom. The molecule has 1 saturated heterocycles. The van der Waals surface area contributed by atoms with E-state index < -0.39 is 12.0 Å². The van der Waals surface area contributed by atoms with E-state index in [1.165, 1.54) is 11.0 Å². The van der Waals surface area contributed by atoms with Crippen molar-refractivity contribution in [3.63, 3.8) is 0 Å². The molecule has 1 N–H and O–H groups in total. The molecule has 0 aliphatic carbocycles. The molecule has 22 heavy (non-hydrogen) atoms. The molecule has 1 amide bonds. The fourth-order valence-electron chi connectivity index (χ4n) is 2.84. The molecule has 120 valence electrons. The molecule has 0 saturated carbocycles. The van der Waals surface area contributed by atoms with Crippen molar-refractivity contribution >= 4 is 27.8 Å². The van der Waals surface area contributed by atoms with Crippen LogP contribution in [0.2, 0.25) is 0 Å². The quantitative estimate of drug-likeness (QED) is 0.883. The molecule has 1 aromatic rings. The summed E-state index contributed by atoms with van der Waals surface area (Å²) < 4.78 is 13.6. The lowest BCUT2D eigenvalue weighted by Crippen LogP contribution is -2.50. The number of carboxylic acids is 1. The third kappa shape index (κ3) is 3.85. The van der Waals surface area contributed by atoms with E-state index in [1.54, 1.807) is 19.1 Å². The van der Waals surface area contributed by atoms with Crippen molar-refractivity contribution in [1.29, 1.82) is 0 Å². The number of rotatable bonds is 4. The van der Waals surface area contributed by atoms with E-state index in [-0.39, 0.29) is 17.6 Å². The van der Waals surface area contributed by atoms with Crippen LogP contribution < -0.4 is 0 Å². The summed E-state index contributed by atoms with van der Waals surface area (Å²) in [6.07, 6.45) is 2.64. The van der Waals surface area contributed by atoms with Gasteiger partial charge in [0.1, 0.15) is 11.9 Å². The third-order valence-corrected chi connectivity index (χ3v) is 4.63. The number of carbonyl (C=O) groups is 2. The van der Waals surface area contributed by atoms with E-state index in [0.29, 0.717) is 23.9 Å². The number of carbonyl (C=O) groups excluding carboxylic acids is 1. The molecule has 1 aliphatic rings. The zero-order valence-electron chi connectivity index (χ0n) is 12.4. The monoisotopic (exact) mass is 371 g/mol. The van der Waals surface area contributed by atoms with Crippen molar-refractivity contribution in [3.05, 3.63) is 34.1 Å². The van der Waals surface area contributed by atoms with Crippen LogP contribution in [0, 0.1) is 11.7 Å². The number of hydrogen-bond acceptors (Lipinski definition) is 2. The highest BCUT2D eigenvalue weighted by molar-refractivity contribution is 9.10. The summed E-state index contributed by atoms with van der Waals surface area (Å²) in [4.78, 5) is 25.3. The molecule has 1 unspecified atom stereocenters. The number of amides is 1. The predicted molar refractivity (Wildman–Crippen MR) is 84.0 cm³/mol. The van der Waals surface area contributed by atoms with Crippen molar-refractivity contribution in [2.75, 3.05) is 6.54 Å². The first-order chi connectivity index (χ1) is 10.4. The molecule has 2 rings (SSSR count). The molecular weight excluding hydrogens is 353 g/mol. The topological polar surface area (TPSA) is 57.6 Å². The maximum Gasteiger partial charge on any atom is 0.326 e. The van der Waals surface area contributed by atoms with E-state index >= 15 is 0 Å². The Bertz CT molecular complexity index is 579. The second-order valence-corrected chi connectivity index (χ2v) is 6.59. The molecular formula is C16H19BrFNO3. The molecule has 1 heterocycles. The van der Waals surface area contributed by atoms with Gasteiger partial charge in [-0.1, -0.05) is 13.0 Å². The van der Waals surface area contributed by atoms with Gasteiger partial charge in [0.2, 0.25) is 5.91 Å². The van der Waals surface area contributed by atoms with Crippen LogP contribution in [0.1, 0.15) is 31.7 Å². The highest BCUT2D eigenvalue weighted by atomic mass is 79.9. The maximum atomic E-state index is 13.2. The van der Waals surface area contributed by atoms with Crippen molar-refractivity contribution in [2.24, 2.45) is 5.92 Å². The van der Waals surface area contributed by atoms with Gasteiger partial charge in [0, 0.05) is 12.5 Å². The molecule has 0 radical (unpaired) electrons. The van der Waals surface area contributed by atoms with Gasteiger partial charge in [0.05, 0.1) is 4.47 Å². The van der Waals surface area contributed by atoms with E-state index in [0.717, 1.165) is 18.4 Å². The van der Waals surface area contributed by atoms with Crippen molar-refractivity contribution in [3.8, 4) is 0 Å². The van der Waals surface area contributed by atoms with Crippen molar-refractivity contribution in [2.45, 2.75) is 38.6 Å². The fraction of sp³-hybridized carbons (Fsp3) is 0.500. The van der Waals surface area contributed by atoms with E-state index in [2.05, 4.69) is 15.9 Å². The van der Waals surface area contributed by atoms with Gasteiger partial charge in [0.15, 0.2) is 0 Å². The summed E-state index contributed by atoms with van der Waals surface area (Å²) in [5, 5.41) is 9.25. The Kier molecular flexibility index (Phi) is 5.56. The van der Waals surface area contributed by atoms with Crippen molar-refractivity contribution in [1.82, 2.24) is 4.90 Å². The number of piperidine rings is 1. The minimum Gasteiger partial charge on any atom is -0.480 e. The fourth-order valence-corrected chi connectivity index (χ4v) is 3.27. The van der Waals surface area contributed by atoms with Crippen molar-refractivity contribution < 1.29 is 19.1 Å². The predicted octanol–water partition coefficient (Wildman–Crippen LogP) is 3.23. The molecule has 6 heteroatoms. The highest BCUT2D eigenvalue weighted by Crippen LogP contribution is 2.23. The lowest BCUT2D eigenvalue weighted by Gasteiger charge is -2.34. The highest BCUT2D eigenvalue weighted by Gasteiger charge is 2.33. The molecule has 1 aromatic carbocycles. The Morgan fingerprint density at radius 1 is 1.45 bits per heavy atom. The van der Waals surface area contributed by atoms with Gasteiger partial charge in [-0.2, -0.15) is 0 Å². The van der Waals surface area contributed by atoms with Gasteiger partial charge < -0.3 is 10.0 Å². The molecule has 0 spiro atoms. The largest absolute Gasteiger partial charge is 0.480 e. The van der Waals surface area contributed by atoms with Gasteiger partial charge >= 0.3 is 5.97 Å². The third-order valence-electron chi connectivity index (χ3n) is 4.02. The van der Waals surface area contributed by atoms with E-state index in [9.17, 15) is 19.1 Å². The van der Waals surface area contributed by atoms with E-state index in [4.69, 9.17) is 0 Å². The van der Waals surface area contributed by atoms with Crippen LogP contribution >= 0.6 is 15.9 Å². The maximum absolute atomic E-state index is 13.2. The molecule has 0 bridgehead atoms. The number of aliphatic carboxylic acids is 1. The number of hydrogen-bond donors (Lipinski definition) is 1. The minimum atomic E-state index is -0.940. The summed E-state index contributed by atoms with van der Waals surface area (Å²) in [6.45, 7) is 2.28. The van der Waals surface area contributed by atoms with E-state index in [1.807, 2.05) is 0 Å². The average molecular weight is 372 g/mol. The molecule has 2 atom stereocenters. The molecule has 1 fully saturated rings. The second-order valence-electron chi connectivity index (χ2n) is 5.74. The Hall–Kier alpha value is -1.43. The van der Waals surface area contributed by atoms with Crippen LogP contribution in [0.5, 0.6) is 0 Å². The smallest absolute Gasteiger partial charge is 0.326 e. The van der Waals surface area contributed by atoms with Crippen LogP contribution in [0.4, 0.5) is 4.39 Å². The van der Waals surface area contributed by atoms with Crippen LogP contribution in [0.3, 0.4) is 0 Å². The Balaban J connectivity index is 2.07. The van der Waals surface area contributed by atoms with Crippen LogP contribution in [-0.4, -0.2) is 34.5 Å². The number of nitrogens with zero attached hydrogens (tertiary/aromatic N) is 1. The summed E-state index contributed by atoms with van der Waals surface area (Å²) >= 11 is 3.13. The zero-order valence-corrected chi connectivity index (χ0v) is 14.0. The van der Waals surface area contributed by atoms with Crippen LogP contribution in [0.25, 0.3) is 0 Å². The first-order valence-electron chi connectivity index (χ1n) is 7.37. The Morgan fingerprint density at radius 3 is 2.82 bits per heavy atom. The summed E-state index contributed by atoms with van der Waals surface area (Å²) in [6, 6.07) is 3.94. The molecule has 4 nitrogen and oxygen atoms in total. The van der Waals surface area contributed by atoms with Gasteiger partial charge in [-0.05, 0) is 59.3 Å². The van der Waals surface area contributed by atoms with Crippen LogP contribution in [-0.2, 0) is 16.0 Å². The number of halogens is 2. The summed E-state index contributed by atoms with van der Waals surface area (Å²) in [5.41, 5.74) is 0.845. The second kappa shape index (κ2) is 7.22. The first kappa shape index (κ1) is 16.9. The lowest BCUT2D eigenvalue weighted by molar-refractivity contribution is -0.153. The Labute approximate surface area is 137 Å². The molecule has 0 aromatic heterocycles. The van der Waals surface area contributed by atoms with Crippen LogP contribution in [0.15, 0.2) is 22.7 Å². The normalized spacial score (nSPS) is 19.8. The summed E-state index contributed by atoms with van der Waals surface area (Å²) in [7, 11) is 0. The lowest BCUT2D eigenvalue weighted by atomic mass is 9.96. The minimum absolute atomic E-state index is 0.146. The SMILES string of the molecule is CC(Cc1ccc(F)c(Br)c1)C(=O)N1CCCC[C@@H]1C(=O)O. The number of benzene rings is 1. The average Bonchev–Trinajstić information content (AvgIpc) is 2.50. The summed E-state index contributed by atoms with van der Waals surface area (Å²) in [5.74, 6) is -1.76. The number of likely N-dealkylation sites (tertiary alicyclic amines) is 1. The standard InChI is InChI=1S/C16H19BrFNO3/c1-10(8-11-5-6-13(18)12(17)9-11)15(20)19-7-3-2-4-14(19)16(21)22/h5-6,9-10,14H,2-4,7-8H2,1H3,(H,21,22)/t10?,14-/m1/s1. The number of carboxylic acid groups (broad SMARTS) is 1.